The van der Waals surface area contributed by atoms with E-state index in [0.717, 1.165) is 18.1 Å². The number of rotatable bonds is 5. The van der Waals surface area contributed by atoms with Gasteiger partial charge in [0.1, 0.15) is 5.82 Å². The Balaban J connectivity index is 1.95. The largest absolute Gasteiger partial charge is 0.337 e. The maximum atomic E-state index is 11.3. The van der Waals surface area contributed by atoms with E-state index in [9.17, 15) is 4.79 Å². The van der Waals surface area contributed by atoms with Crippen LogP contribution in [0.15, 0.2) is 17.8 Å². The second kappa shape index (κ2) is 5.91. The number of carbonyl (C=O) groups excluding carboxylic acids is 1. The maximum Gasteiger partial charge on any atom is 0.294 e. The van der Waals surface area contributed by atoms with E-state index in [2.05, 4.69) is 20.3 Å². The van der Waals surface area contributed by atoms with E-state index < -0.39 is 0 Å². The number of imidazole rings is 1. The molecule has 0 aliphatic heterocycles. The summed E-state index contributed by atoms with van der Waals surface area (Å²) >= 11 is 1.28. The molecule has 0 aromatic carbocycles. The first-order valence-electron chi connectivity index (χ1n) is 5.70. The molecule has 0 saturated carbocycles. The van der Waals surface area contributed by atoms with Crippen molar-refractivity contribution in [3.05, 3.63) is 34.3 Å². The first kappa shape index (κ1) is 13.7. The number of aryl methyl sites for hydroxylation is 1. The number of nitrogens with two attached hydrogens (primary N) is 1. The summed E-state index contributed by atoms with van der Waals surface area (Å²) in [4.78, 5) is 21.9. The van der Waals surface area contributed by atoms with Gasteiger partial charge in [-0.25, -0.2) is 15.8 Å². The van der Waals surface area contributed by atoms with E-state index in [-0.39, 0.29) is 5.91 Å². The van der Waals surface area contributed by atoms with Crippen LogP contribution in [-0.2, 0) is 20.1 Å². The van der Waals surface area contributed by atoms with Crippen LogP contribution in [0.25, 0.3) is 0 Å². The maximum absolute atomic E-state index is 11.3. The van der Waals surface area contributed by atoms with Gasteiger partial charge in [-0.2, -0.15) is 0 Å². The van der Waals surface area contributed by atoms with Crippen molar-refractivity contribution < 1.29 is 4.79 Å². The number of hydrogen-bond acceptors (Lipinski definition) is 6. The van der Waals surface area contributed by atoms with Crippen LogP contribution in [0.1, 0.15) is 21.3 Å². The summed E-state index contributed by atoms with van der Waals surface area (Å²) in [6.45, 7) is 1.38. The summed E-state index contributed by atoms with van der Waals surface area (Å²) in [7, 11) is 3.94. The summed E-state index contributed by atoms with van der Waals surface area (Å²) in [5, 5.41) is 2.24. The quantitative estimate of drug-likeness (QED) is 0.461. The monoisotopic (exact) mass is 280 g/mol. The van der Waals surface area contributed by atoms with Crippen molar-refractivity contribution in [2.24, 2.45) is 12.9 Å². The Bertz CT molecular complexity index is 563. The molecule has 19 heavy (non-hydrogen) atoms. The summed E-state index contributed by atoms with van der Waals surface area (Å²) < 4.78 is 1.98. The molecule has 0 fully saturated rings. The smallest absolute Gasteiger partial charge is 0.294 e. The fourth-order valence-electron chi connectivity index (χ4n) is 1.67. The number of nitrogens with one attached hydrogen (secondary N) is 1. The summed E-state index contributed by atoms with van der Waals surface area (Å²) in [5.41, 5.74) is 2.92. The highest BCUT2D eigenvalue weighted by Crippen LogP contribution is 2.12. The van der Waals surface area contributed by atoms with Crippen molar-refractivity contribution in [2.45, 2.75) is 13.1 Å². The molecule has 0 saturated heterocycles. The molecule has 1 amide bonds. The highest BCUT2D eigenvalue weighted by molar-refractivity contribution is 7.11. The van der Waals surface area contributed by atoms with Crippen LogP contribution in [-0.4, -0.2) is 32.4 Å². The van der Waals surface area contributed by atoms with E-state index >= 15 is 0 Å². The molecule has 8 heteroatoms. The fourth-order valence-corrected chi connectivity index (χ4v) is 2.38. The minimum Gasteiger partial charge on any atom is -0.337 e. The van der Waals surface area contributed by atoms with E-state index in [1.165, 1.54) is 11.3 Å². The summed E-state index contributed by atoms with van der Waals surface area (Å²) in [6, 6.07) is 0. The van der Waals surface area contributed by atoms with Gasteiger partial charge in [0, 0.05) is 31.4 Å². The highest BCUT2D eigenvalue weighted by Gasteiger charge is 2.11. The lowest BCUT2D eigenvalue weighted by Crippen LogP contribution is -2.30. The first-order chi connectivity index (χ1) is 9.10. The van der Waals surface area contributed by atoms with Crippen LogP contribution in [0.4, 0.5) is 0 Å². The molecule has 2 aromatic rings. The molecule has 2 aromatic heterocycles. The summed E-state index contributed by atoms with van der Waals surface area (Å²) in [5.74, 6) is 5.69. The molecule has 102 valence electrons. The normalized spacial score (nSPS) is 10.9. The van der Waals surface area contributed by atoms with Crippen molar-refractivity contribution >= 4 is 17.2 Å². The Morgan fingerprint density at radius 2 is 2.37 bits per heavy atom. The standard InChI is InChI=1S/C11H16N6OS/c1-16(6-9-13-3-4-17(9)2)5-8-7-19-11(14-8)10(18)15-12/h3-4,7H,5-6,12H2,1-2H3,(H,15,18). The second-order valence-corrected chi connectivity index (χ2v) is 5.10. The molecule has 2 rings (SSSR count). The third-order valence-electron chi connectivity index (χ3n) is 2.64. The van der Waals surface area contributed by atoms with E-state index in [1.807, 2.05) is 30.2 Å². The first-order valence-corrected chi connectivity index (χ1v) is 6.58. The molecule has 7 nitrogen and oxygen atoms in total. The molecule has 0 spiro atoms. The molecule has 0 aliphatic rings. The topological polar surface area (TPSA) is 89.1 Å². The third-order valence-corrected chi connectivity index (χ3v) is 3.53. The van der Waals surface area contributed by atoms with Gasteiger partial charge in [-0.1, -0.05) is 0 Å². The number of nitrogens with zero attached hydrogens (tertiary/aromatic N) is 4. The molecule has 0 aliphatic carbocycles. The van der Waals surface area contributed by atoms with Crippen molar-refractivity contribution in [3.63, 3.8) is 0 Å². The van der Waals surface area contributed by atoms with Crippen LogP contribution < -0.4 is 11.3 Å². The third kappa shape index (κ3) is 3.37. The number of carbonyl (C=O) groups is 1. The minimum absolute atomic E-state index is 0.358. The molecule has 3 N–H and O–H groups in total. The Morgan fingerprint density at radius 3 is 3.00 bits per heavy atom. The number of hydrazine groups is 1. The van der Waals surface area contributed by atoms with Gasteiger partial charge in [-0.15, -0.1) is 11.3 Å². The molecule has 0 unspecified atom stereocenters. The van der Waals surface area contributed by atoms with Crippen molar-refractivity contribution in [3.8, 4) is 0 Å². The Kier molecular flexibility index (Phi) is 4.25. The summed E-state index contributed by atoms with van der Waals surface area (Å²) in [6.07, 6.45) is 3.69. The van der Waals surface area contributed by atoms with Gasteiger partial charge in [-0.05, 0) is 7.05 Å². The lowest BCUT2D eigenvalue weighted by atomic mass is 10.4. The zero-order valence-corrected chi connectivity index (χ0v) is 11.6. The number of amides is 1. The van der Waals surface area contributed by atoms with Gasteiger partial charge in [0.25, 0.3) is 5.91 Å². The molecule has 0 atom stereocenters. The van der Waals surface area contributed by atoms with Gasteiger partial charge < -0.3 is 4.57 Å². The number of hydrogen-bond donors (Lipinski definition) is 2. The lowest BCUT2D eigenvalue weighted by Gasteiger charge is -2.14. The van der Waals surface area contributed by atoms with Gasteiger partial charge in [0.05, 0.1) is 12.2 Å². The van der Waals surface area contributed by atoms with Crippen molar-refractivity contribution in [2.75, 3.05) is 7.05 Å². The fraction of sp³-hybridized carbons (Fsp3) is 0.364. The minimum atomic E-state index is -0.358. The average Bonchev–Trinajstić information content (AvgIpc) is 2.99. The second-order valence-electron chi connectivity index (χ2n) is 4.24. The Morgan fingerprint density at radius 1 is 1.58 bits per heavy atom. The van der Waals surface area contributed by atoms with Crippen LogP contribution in [0.3, 0.4) is 0 Å². The van der Waals surface area contributed by atoms with E-state index in [4.69, 9.17) is 5.84 Å². The van der Waals surface area contributed by atoms with Crippen molar-refractivity contribution in [1.82, 2.24) is 24.9 Å². The van der Waals surface area contributed by atoms with Gasteiger partial charge in [-0.3, -0.25) is 15.1 Å². The van der Waals surface area contributed by atoms with Crippen LogP contribution in [0.2, 0.25) is 0 Å². The zero-order chi connectivity index (χ0) is 13.8. The number of nitrogen functional groups attached to an aromatic ring is 1. The van der Waals surface area contributed by atoms with Crippen LogP contribution in [0.5, 0.6) is 0 Å². The lowest BCUT2D eigenvalue weighted by molar-refractivity contribution is 0.0953. The van der Waals surface area contributed by atoms with E-state index in [0.29, 0.717) is 11.6 Å². The molecular formula is C11H16N6OS. The molecule has 2 heterocycles. The van der Waals surface area contributed by atoms with Crippen LogP contribution in [0, 0.1) is 0 Å². The van der Waals surface area contributed by atoms with Crippen molar-refractivity contribution in [1.29, 1.82) is 0 Å². The Labute approximate surface area is 115 Å². The molecule has 0 bridgehead atoms. The average molecular weight is 280 g/mol. The van der Waals surface area contributed by atoms with E-state index in [1.54, 1.807) is 6.20 Å². The predicted octanol–water partition coefficient (Wildman–Crippen LogP) is 0.112. The molecular weight excluding hydrogens is 264 g/mol. The predicted molar refractivity (Wildman–Crippen MR) is 72.1 cm³/mol. The van der Waals surface area contributed by atoms with Gasteiger partial charge >= 0.3 is 0 Å². The number of thiazole rings is 1. The highest BCUT2D eigenvalue weighted by atomic mass is 32.1. The number of aromatic nitrogens is 3. The SMILES string of the molecule is CN(Cc1csc(C(=O)NN)n1)Cc1nccn1C. The Hall–Kier alpha value is -1.77. The van der Waals surface area contributed by atoms with Gasteiger partial charge in [0.15, 0.2) is 5.01 Å². The zero-order valence-electron chi connectivity index (χ0n) is 10.8. The molecule has 0 radical (unpaired) electrons. The van der Waals surface area contributed by atoms with Gasteiger partial charge in [0.2, 0.25) is 0 Å². The van der Waals surface area contributed by atoms with Crippen LogP contribution >= 0.6 is 11.3 Å².